The number of nitrogens with zero attached hydrogens (tertiary/aromatic N) is 1. The number of hydrogen-bond acceptors (Lipinski definition) is 3. The van der Waals surface area contributed by atoms with Gasteiger partial charge < -0.3 is 16.0 Å². The quantitative estimate of drug-likeness (QED) is 0.883. The number of carbonyl (C=O) groups is 2. The Bertz CT molecular complexity index is 546. The Morgan fingerprint density at radius 2 is 2.00 bits per heavy atom. The van der Waals surface area contributed by atoms with E-state index in [2.05, 4.69) is 5.32 Å². The molecule has 22 heavy (non-hydrogen) atoms. The van der Waals surface area contributed by atoms with Gasteiger partial charge in [0.2, 0.25) is 11.8 Å². The van der Waals surface area contributed by atoms with E-state index in [1.54, 1.807) is 4.90 Å². The normalized spacial score (nSPS) is 28.1. The minimum absolute atomic E-state index is 0.0183. The van der Waals surface area contributed by atoms with Crippen LogP contribution in [0.5, 0.6) is 0 Å². The van der Waals surface area contributed by atoms with Crippen molar-refractivity contribution in [3.63, 3.8) is 0 Å². The Kier molecular flexibility index (Phi) is 4.43. The Labute approximate surface area is 130 Å². The van der Waals surface area contributed by atoms with Crippen LogP contribution in [0.15, 0.2) is 30.3 Å². The van der Waals surface area contributed by atoms with Gasteiger partial charge in [-0.05, 0) is 37.3 Å². The fraction of sp³-hybridized carbons (Fsp3) is 0.529. The predicted molar refractivity (Wildman–Crippen MR) is 85.3 cm³/mol. The van der Waals surface area contributed by atoms with E-state index in [0.29, 0.717) is 19.4 Å². The van der Waals surface area contributed by atoms with Gasteiger partial charge >= 0.3 is 0 Å². The van der Waals surface area contributed by atoms with Crippen LogP contribution in [0.25, 0.3) is 0 Å². The van der Waals surface area contributed by atoms with E-state index in [4.69, 9.17) is 5.73 Å². The lowest BCUT2D eigenvalue weighted by Crippen LogP contribution is -2.42. The Morgan fingerprint density at radius 3 is 2.68 bits per heavy atom. The van der Waals surface area contributed by atoms with Gasteiger partial charge in [-0.1, -0.05) is 24.6 Å². The first-order valence-corrected chi connectivity index (χ1v) is 8.06. The molecule has 1 saturated heterocycles. The third-order valence-corrected chi connectivity index (χ3v) is 4.77. The Morgan fingerprint density at radius 1 is 1.23 bits per heavy atom. The average Bonchev–Trinajstić information content (AvgIpc) is 3.07. The smallest absolute Gasteiger partial charge is 0.249 e. The molecule has 3 rings (SSSR count). The van der Waals surface area contributed by atoms with Gasteiger partial charge in [0.05, 0.1) is 0 Å². The Hall–Kier alpha value is -1.88. The van der Waals surface area contributed by atoms with Crippen molar-refractivity contribution in [1.82, 2.24) is 5.32 Å². The molecule has 3 N–H and O–H groups in total. The molecule has 3 atom stereocenters. The van der Waals surface area contributed by atoms with Gasteiger partial charge in [-0.3, -0.25) is 9.59 Å². The van der Waals surface area contributed by atoms with Crippen LogP contribution >= 0.6 is 0 Å². The van der Waals surface area contributed by atoms with Crippen molar-refractivity contribution in [3.05, 3.63) is 30.3 Å². The minimum atomic E-state index is -0.398. The highest BCUT2D eigenvalue weighted by Crippen LogP contribution is 2.27. The molecule has 1 aromatic rings. The minimum Gasteiger partial charge on any atom is -0.344 e. The molecule has 2 aliphatic rings. The maximum absolute atomic E-state index is 12.4. The molecule has 1 unspecified atom stereocenters. The lowest BCUT2D eigenvalue weighted by Gasteiger charge is -2.18. The van der Waals surface area contributed by atoms with Gasteiger partial charge in [0, 0.05) is 24.7 Å². The molecule has 1 aliphatic heterocycles. The third kappa shape index (κ3) is 3.14. The molecule has 0 bridgehead atoms. The number of amides is 2. The monoisotopic (exact) mass is 301 g/mol. The molecule has 1 aliphatic carbocycles. The van der Waals surface area contributed by atoms with E-state index in [1.165, 1.54) is 0 Å². The zero-order valence-corrected chi connectivity index (χ0v) is 12.7. The summed E-state index contributed by atoms with van der Waals surface area (Å²) in [6.07, 6.45) is 4.22. The van der Waals surface area contributed by atoms with Crippen LogP contribution in [0.2, 0.25) is 0 Å². The molecule has 0 radical (unpaired) electrons. The van der Waals surface area contributed by atoms with Crippen molar-refractivity contribution < 1.29 is 9.59 Å². The molecule has 0 aromatic heterocycles. The van der Waals surface area contributed by atoms with Crippen molar-refractivity contribution >= 4 is 17.5 Å². The summed E-state index contributed by atoms with van der Waals surface area (Å²) in [7, 11) is 0. The van der Waals surface area contributed by atoms with Gasteiger partial charge in [-0.2, -0.15) is 0 Å². The van der Waals surface area contributed by atoms with E-state index in [0.717, 1.165) is 24.9 Å². The second-order valence-corrected chi connectivity index (χ2v) is 6.29. The van der Waals surface area contributed by atoms with Gasteiger partial charge in [-0.25, -0.2) is 0 Å². The number of nitrogens with two attached hydrogens (primary N) is 1. The summed E-state index contributed by atoms with van der Waals surface area (Å²) >= 11 is 0. The SMILES string of the molecule is N[C@@H]1CCC[C@H]1CC(=O)NC1CCN(c2ccccc2)C1=O. The molecule has 118 valence electrons. The van der Waals surface area contributed by atoms with Crippen LogP contribution in [-0.2, 0) is 9.59 Å². The molecule has 1 heterocycles. The molecule has 1 saturated carbocycles. The van der Waals surface area contributed by atoms with Gasteiger partial charge in [-0.15, -0.1) is 0 Å². The largest absolute Gasteiger partial charge is 0.344 e. The Balaban J connectivity index is 1.55. The standard InChI is InChI=1S/C17H23N3O2/c18-14-8-4-5-12(14)11-16(21)19-15-9-10-20(17(15)22)13-6-2-1-3-7-13/h1-3,6-7,12,14-15H,4-5,8-11,18H2,(H,19,21)/t12-,14+,15?/m0/s1. The van der Waals surface area contributed by atoms with E-state index < -0.39 is 6.04 Å². The van der Waals surface area contributed by atoms with Crippen molar-refractivity contribution in [2.75, 3.05) is 11.4 Å². The maximum atomic E-state index is 12.4. The molecule has 1 aromatic carbocycles. The number of rotatable bonds is 4. The molecule has 5 heteroatoms. The molecule has 2 amide bonds. The van der Waals surface area contributed by atoms with Crippen molar-refractivity contribution in [3.8, 4) is 0 Å². The zero-order valence-electron chi connectivity index (χ0n) is 12.7. The van der Waals surface area contributed by atoms with E-state index in [1.807, 2.05) is 30.3 Å². The lowest BCUT2D eigenvalue weighted by molar-refractivity contribution is -0.127. The molecule has 0 spiro atoms. The molecular weight excluding hydrogens is 278 g/mol. The molecule has 5 nitrogen and oxygen atoms in total. The highest BCUT2D eigenvalue weighted by molar-refractivity contribution is 6.01. The lowest BCUT2D eigenvalue weighted by atomic mass is 9.99. The van der Waals surface area contributed by atoms with Crippen molar-refractivity contribution in [2.24, 2.45) is 11.7 Å². The van der Waals surface area contributed by atoms with Crippen LogP contribution in [0, 0.1) is 5.92 Å². The zero-order chi connectivity index (χ0) is 15.5. The fourth-order valence-corrected chi connectivity index (χ4v) is 3.49. The van der Waals surface area contributed by atoms with Crippen molar-refractivity contribution in [2.45, 2.75) is 44.2 Å². The highest BCUT2D eigenvalue weighted by Gasteiger charge is 2.34. The summed E-state index contributed by atoms with van der Waals surface area (Å²) in [5.41, 5.74) is 6.90. The topological polar surface area (TPSA) is 75.4 Å². The highest BCUT2D eigenvalue weighted by atomic mass is 16.2. The van der Waals surface area contributed by atoms with Gasteiger partial charge in [0.15, 0.2) is 0 Å². The van der Waals surface area contributed by atoms with Crippen LogP contribution < -0.4 is 16.0 Å². The number of hydrogen-bond donors (Lipinski definition) is 2. The van der Waals surface area contributed by atoms with Crippen LogP contribution in [0.3, 0.4) is 0 Å². The van der Waals surface area contributed by atoms with Crippen LogP contribution in [0.1, 0.15) is 32.1 Å². The number of benzene rings is 1. The molecular formula is C17H23N3O2. The first-order chi connectivity index (χ1) is 10.6. The summed E-state index contributed by atoms with van der Waals surface area (Å²) in [5, 5.41) is 2.89. The van der Waals surface area contributed by atoms with E-state index in [-0.39, 0.29) is 23.8 Å². The van der Waals surface area contributed by atoms with Crippen LogP contribution in [-0.4, -0.2) is 30.4 Å². The molecule has 2 fully saturated rings. The summed E-state index contributed by atoms with van der Waals surface area (Å²) in [6, 6.07) is 9.32. The summed E-state index contributed by atoms with van der Waals surface area (Å²) in [5.74, 6) is 0.201. The average molecular weight is 301 g/mol. The first-order valence-electron chi connectivity index (χ1n) is 8.06. The second kappa shape index (κ2) is 6.48. The van der Waals surface area contributed by atoms with Gasteiger partial charge in [0.25, 0.3) is 0 Å². The number of nitrogens with one attached hydrogen (secondary N) is 1. The first kappa shape index (κ1) is 15.0. The summed E-state index contributed by atoms with van der Waals surface area (Å²) in [6.45, 7) is 0.650. The number of carbonyl (C=O) groups excluding carboxylic acids is 2. The maximum Gasteiger partial charge on any atom is 0.249 e. The second-order valence-electron chi connectivity index (χ2n) is 6.29. The van der Waals surface area contributed by atoms with E-state index in [9.17, 15) is 9.59 Å². The van der Waals surface area contributed by atoms with Crippen LogP contribution in [0.4, 0.5) is 5.69 Å². The number of anilines is 1. The number of para-hydroxylation sites is 1. The summed E-state index contributed by atoms with van der Waals surface area (Å²) < 4.78 is 0. The summed E-state index contributed by atoms with van der Waals surface area (Å²) in [4.78, 5) is 26.3. The van der Waals surface area contributed by atoms with Crippen molar-refractivity contribution in [1.29, 1.82) is 0 Å². The fourth-order valence-electron chi connectivity index (χ4n) is 3.49. The van der Waals surface area contributed by atoms with Gasteiger partial charge in [0.1, 0.15) is 6.04 Å². The predicted octanol–water partition coefficient (Wildman–Crippen LogP) is 1.43. The van der Waals surface area contributed by atoms with E-state index >= 15 is 0 Å². The third-order valence-electron chi connectivity index (χ3n) is 4.77.